The van der Waals surface area contributed by atoms with Gasteiger partial charge in [0.25, 0.3) is 0 Å². The summed E-state index contributed by atoms with van der Waals surface area (Å²) in [7, 11) is 0. The van der Waals surface area contributed by atoms with Gasteiger partial charge in [-0.2, -0.15) is 13.2 Å². The summed E-state index contributed by atoms with van der Waals surface area (Å²) in [5.74, 6) is 0.570. The van der Waals surface area contributed by atoms with Crippen LogP contribution in [0.5, 0.6) is 0 Å². The summed E-state index contributed by atoms with van der Waals surface area (Å²) in [6.07, 6.45) is -3.28. The maximum atomic E-state index is 12.2. The quantitative estimate of drug-likeness (QED) is 0.710. The molecule has 0 unspecified atom stereocenters. The predicted molar refractivity (Wildman–Crippen MR) is 43.6 cm³/mol. The zero-order valence-electron chi connectivity index (χ0n) is 7.18. The van der Waals surface area contributed by atoms with E-state index in [4.69, 9.17) is 0 Å². The number of nitrogens with one attached hydrogen (secondary N) is 1. The largest absolute Gasteiger partial charge is 0.433 e. The van der Waals surface area contributed by atoms with Gasteiger partial charge in [0, 0.05) is 0 Å². The molecule has 0 atom stereocenters. The SMILES string of the molecule is Cc1nc2cc(C(F)(F)F)ncc2[nH]1. The van der Waals surface area contributed by atoms with Crippen molar-refractivity contribution in [3.8, 4) is 0 Å². The fourth-order valence-corrected chi connectivity index (χ4v) is 1.19. The van der Waals surface area contributed by atoms with E-state index in [1.54, 1.807) is 6.92 Å². The number of fused-ring (bicyclic) bond motifs is 1. The number of aryl methyl sites for hydroxylation is 1. The zero-order chi connectivity index (χ0) is 10.3. The lowest BCUT2D eigenvalue weighted by Crippen LogP contribution is -2.07. The molecule has 0 fully saturated rings. The van der Waals surface area contributed by atoms with Crippen LogP contribution in [0, 0.1) is 6.92 Å². The van der Waals surface area contributed by atoms with Gasteiger partial charge in [-0.3, -0.25) is 0 Å². The van der Waals surface area contributed by atoms with Gasteiger partial charge in [-0.05, 0) is 13.0 Å². The highest BCUT2D eigenvalue weighted by atomic mass is 19.4. The molecule has 0 bridgehead atoms. The molecule has 0 saturated heterocycles. The normalized spacial score (nSPS) is 12.3. The molecule has 3 nitrogen and oxygen atoms in total. The number of H-pyrrole nitrogens is 1. The van der Waals surface area contributed by atoms with Crippen molar-refractivity contribution in [3.63, 3.8) is 0 Å². The number of hydrogen-bond donors (Lipinski definition) is 1. The summed E-state index contributed by atoms with van der Waals surface area (Å²) >= 11 is 0. The molecule has 14 heavy (non-hydrogen) atoms. The van der Waals surface area contributed by atoms with Gasteiger partial charge in [-0.25, -0.2) is 9.97 Å². The number of pyridine rings is 1. The van der Waals surface area contributed by atoms with Crippen LogP contribution in [-0.2, 0) is 6.18 Å². The number of rotatable bonds is 0. The second-order valence-electron chi connectivity index (χ2n) is 2.91. The molecule has 6 heteroatoms. The fourth-order valence-electron chi connectivity index (χ4n) is 1.19. The molecule has 2 aromatic heterocycles. The Morgan fingerprint density at radius 1 is 1.36 bits per heavy atom. The molecule has 0 saturated carbocycles. The van der Waals surface area contributed by atoms with E-state index in [-0.39, 0.29) is 5.52 Å². The van der Waals surface area contributed by atoms with Gasteiger partial charge in [0.1, 0.15) is 11.5 Å². The van der Waals surface area contributed by atoms with Crippen molar-refractivity contribution in [2.45, 2.75) is 13.1 Å². The molecule has 0 spiro atoms. The number of hydrogen-bond acceptors (Lipinski definition) is 2. The van der Waals surface area contributed by atoms with Crippen molar-refractivity contribution in [1.29, 1.82) is 0 Å². The number of aromatic amines is 1. The molecule has 0 aliphatic rings. The molecule has 2 aromatic rings. The predicted octanol–water partition coefficient (Wildman–Crippen LogP) is 2.29. The summed E-state index contributed by atoms with van der Waals surface area (Å²) in [5.41, 5.74) is -0.128. The Balaban J connectivity index is 2.62. The van der Waals surface area contributed by atoms with Crippen LogP contribution in [0.2, 0.25) is 0 Å². The van der Waals surface area contributed by atoms with Gasteiger partial charge < -0.3 is 4.98 Å². The second-order valence-corrected chi connectivity index (χ2v) is 2.91. The van der Waals surface area contributed by atoms with Crippen molar-refractivity contribution in [2.24, 2.45) is 0 Å². The Morgan fingerprint density at radius 3 is 2.71 bits per heavy atom. The van der Waals surface area contributed by atoms with Gasteiger partial charge in [-0.15, -0.1) is 0 Å². The Morgan fingerprint density at radius 2 is 2.07 bits per heavy atom. The number of halogens is 3. The zero-order valence-corrected chi connectivity index (χ0v) is 7.18. The van der Waals surface area contributed by atoms with Crippen molar-refractivity contribution in [2.75, 3.05) is 0 Å². The van der Waals surface area contributed by atoms with Gasteiger partial charge in [0.15, 0.2) is 0 Å². The molecule has 0 amide bonds. The van der Waals surface area contributed by atoms with Crippen LogP contribution in [0.25, 0.3) is 11.0 Å². The first-order valence-electron chi connectivity index (χ1n) is 3.86. The van der Waals surface area contributed by atoms with Crippen LogP contribution < -0.4 is 0 Å². The Kier molecular flexibility index (Phi) is 1.73. The average Bonchev–Trinajstić information content (AvgIpc) is 2.41. The Labute approximate surface area is 77.0 Å². The van der Waals surface area contributed by atoms with Gasteiger partial charge in [0.05, 0.1) is 17.2 Å². The maximum Gasteiger partial charge on any atom is 0.433 e. The molecule has 2 heterocycles. The van der Waals surface area contributed by atoms with Gasteiger partial charge >= 0.3 is 6.18 Å². The van der Waals surface area contributed by atoms with E-state index < -0.39 is 11.9 Å². The molecule has 1 N–H and O–H groups in total. The minimum absolute atomic E-state index is 0.282. The van der Waals surface area contributed by atoms with Gasteiger partial charge in [0.2, 0.25) is 0 Å². The lowest BCUT2D eigenvalue weighted by atomic mass is 10.3. The minimum atomic E-state index is -4.42. The van der Waals surface area contributed by atoms with E-state index >= 15 is 0 Å². The second kappa shape index (κ2) is 2.70. The molecule has 0 radical (unpaired) electrons. The third-order valence-electron chi connectivity index (χ3n) is 1.78. The monoisotopic (exact) mass is 201 g/mol. The number of aromatic nitrogens is 3. The third kappa shape index (κ3) is 1.43. The molecule has 2 rings (SSSR count). The summed E-state index contributed by atoms with van der Waals surface area (Å²) < 4.78 is 36.7. The highest BCUT2D eigenvalue weighted by molar-refractivity contribution is 5.74. The topological polar surface area (TPSA) is 41.6 Å². The van der Waals surface area contributed by atoms with Crippen LogP contribution in [0.4, 0.5) is 13.2 Å². The summed E-state index contributed by atoms with van der Waals surface area (Å²) in [5, 5.41) is 0. The highest BCUT2D eigenvalue weighted by Crippen LogP contribution is 2.28. The van der Waals surface area contributed by atoms with E-state index in [0.717, 1.165) is 12.3 Å². The molecular formula is C8H6F3N3. The average molecular weight is 201 g/mol. The van der Waals surface area contributed by atoms with E-state index in [0.29, 0.717) is 11.3 Å². The summed E-state index contributed by atoms with van der Waals surface area (Å²) in [6.45, 7) is 1.67. The van der Waals surface area contributed by atoms with Gasteiger partial charge in [-0.1, -0.05) is 0 Å². The fraction of sp³-hybridized carbons (Fsp3) is 0.250. The molecule has 0 aliphatic carbocycles. The summed E-state index contributed by atoms with van der Waals surface area (Å²) in [4.78, 5) is 9.98. The minimum Gasteiger partial charge on any atom is -0.341 e. The van der Waals surface area contributed by atoms with Crippen LogP contribution in [0.3, 0.4) is 0 Å². The first-order valence-corrected chi connectivity index (χ1v) is 3.86. The van der Waals surface area contributed by atoms with Crippen LogP contribution in [-0.4, -0.2) is 15.0 Å². The van der Waals surface area contributed by atoms with E-state index in [1.165, 1.54) is 0 Å². The first kappa shape index (κ1) is 8.98. The van der Waals surface area contributed by atoms with Crippen LogP contribution in [0.15, 0.2) is 12.3 Å². The van der Waals surface area contributed by atoms with Crippen molar-refractivity contribution >= 4 is 11.0 Å². The molecule has 0 aliphatic heterocycles. The van der Waals surface area contributed by atoms with Crippen molar-refractivity contribution < 1.29 is 13.2 Å². The molecular weight excluding hydrogens is 195 g/mol. The standard InChI is InChI=1S/C8H6F3N3/c1-4-13-5-2-7(8(9,10)11)12-3-6(5)14-4/h2-3H,1H3,(H,13,14). The van der Waals surface area contributed by atoms with Crippen LogP contribution >= 0.6 is 0 Å². The molecule has 74 valence electrons. The number of alkyl halides is 3. The third-order valence-corrected chi connectivity index (χ3v) is 1.78. The first-order chi connectivity index (χ1) is 6.47. The van der Waals surface area contributed by atoms with Crippen molar-refractivity contribution in [3.05, 3.63) is 23.8 Å². The van der Waals surface area contributed by atoms with E-state index in [2.05, 4.69) is 15.0 Å². The highest BCUT2D eigenvalue weighted by Gasteiger charge is 2.32. The van der Waals surface area contributed by atoms with E-state index in [1.807, 2.05) is 0 Å². The lowest BCUT2D eigenvalue weighted by molar-refractivity contribution is -0.141. The maximum absolute atomic E-state index is 12.2. The smallest absolute Gasteiger partial charge is 0.341 e. The van der Waals surface area contributed by atoms with Crippen molar-refractivity contribution in [1.82, 2.24) is 15.0 Å². The molecule has 0 aromatic carbocycles. The number of imidazole rings is 1. The Hall–Kier alpha value is -1.59. The van der Waals surface area contributed by atoms with Crippen LogP contribution in [0.1, 0.15) is 11.5 Å². The van der Waals surface area contributed by atoms with E-state index in [9.17, 15) is 13.2 Å². The number of nitrogens with zero attached hydrogens (tertiary/aromatic N) is 2. The lowest BCUT2D eigenvalue weighted by Gasteiger charge is -2.03. The summed E-state index contributed by atoms with van der Waals surface area (Å²) in [6, 6.07) is 0.929. The Bertz CT molecular complexity index is 472.